The zero-order valence-corrected chi connectivity index (χ0v) is 11.4. The maximum atomic E-state index is 12.5. The molecular weight excluding hydrogens is 226 g/mol. The maximum Gasteiger partial charge on any atom is 0.227 e. The van der Waals surface area contributed by atoms with Crippen LogP contribution in [0.1, 0.15) is 39.0 Å². The topological polar surface area (TPSA) is 44.4 Å². The summed E-state index contributed by atoms with van der Waals surface area (Å²) in [5, 5.41) is 6.70. The van der Waals surface area contributed by atoms with Crippen molar-refractivity contribution in [1.82, 2.24) is 15.5 Å². The van der Waals surface area contributed by atoms with Crippen molar-refractivity contribution in [3.63, 3.8) is 0 Å². The Morgan fingerprint density at radius 3 is 3.00 bits per heavy atom. The Balaban J connectivity index is 1.60. The summed E-state index contributed by atoms with van der Waals surface area (Å²) in [7, 11) is 0. The Hall–Kier alpha value is -0.610. The van der Waals surface area contributed by atoms with Crippen LogP contribution >= 0.6 is 0 Å². The van der Waals surface area contributed by atoms with Crippen LogP contribution in [0.15, 0.2) is 0 Å². The standard InChI is InChI=1S/C14H25N3O/c1-14(6-3-7-15-10-14)13(18)16-11-5-9-17-8-2-4-12(11)17/h11-12,15H,2-10H2,1H3,(H,16,18). The summed E-state index contributed by atoms with van der Waals surface area (Å²) in [6.45, 7) is 6.40. The van der Waals surface area contributed by atoms with E-state index < -0.39 is 0 Å². The highest BCUT2D eigenvalue weighted by Crippen LogP contribution is 2.30. The first-order valence-corrected chi connectivity index (χ1v) is 7.45. The SMILES string of the molecule is CC1(C(=O)NC2CCN3CCCC23)CCCNC1. The Bertz CT molecular complexity index is 325. The molecule has 3 heterocycles. The first-order valence-electron chi connectivity index (χ1n) is 7.45. The predicted octanol–water partition coefficient (Wildman–Crippen LogP) is 0.729. The largest absolute Gasteiger partial charge is 0.351 e. The molecule has 2 N–H and O–H groups in total. The van der Waals surface area contributed by atoms with Crippen LogP contribution in [0, 0.1) is 5.41 Å². The average molecular weight is 251 g/mol. The van der Waals surface area contributed by atoms with E-state index in [0.717, 1.165) is 32.4 Å². The first-order chi connectivity index (χ1) is 8.69. The number of amides is 1. The second-order valence-corrected chi connectivity index (χ2v) is 6.46. The monoisotopic (exact) mass is 251 g/mol. The van der Waals surface area contributed by atoms with Crippen molar-refractivity contribution < 1.29 is 4.79 Å². The molecule has 18 heavy (non-hydrogen) atoms. The van der Waals surface area contributed by atoms with E-state index in [9.17, 15) is 4.79 Å². The molecule has 1 amide bonds. The Labute approximate surface area is 109 Å². The van der Waals surface area contributed by atoms with Crippen molar-refractivity contribution in [3.05, 3.63) is 0 Å². The molecule has 0 radical (unpaired) electrons. The molecule has 102 valence electrons. The van der Waals surface area contributed by atoms with Gasteiger partial charge < -0.3 is 10.6 Å². The Kier molecular flexibility index (Phi) is 3.32. The van der Waals surface area contributed by atoms with E-state index in [4.69, 9.17) is 0 Å². The van der Waals surface area contributed by atoms with Crippen LogP contribution in [0.5, 0.6) is 0 Å². The van der Waals surface area contributed by atoms with Crippen molar-refractivity contribution in [2.45, 2.75) is 51.1 Å². The van der Waals surface area contributed by atoms with Gasteiger partial charge in [0.25, 0.3) is 0 Å². The van der Waals surface area contributed by atoms with E-state index >= 15 is 0 Å². The van der Waals surface area contributed by atoms with Crippen molar-refractivity contribution in [2.75, 3.05) is 26.2 Å². The van der Waals surface area contributed by atoms with Crippen molar-refractivity contribution in [2.24, 2.45) is 5.41 Å². The highest BCUT2D eigenvalue weighted by Gasteiger charge is 2.41. The number of fused-ring (bicyclic) bond motifs is 1. The normalized spacial score (nSPS) is 40.7. The number of nitrogens with one attached hydrogen (secondary N) is 2. The quantitative estimate of drug-likeness (QED) is 0.760. The number of hydrogen-bond donors (Lipinski definition) is 2. The molecule has 0 aliphatic carbocycles. The van der Waals surface area contributed by atoms with Gasteiger partial charge in [-0.1, -0.05) is 0 Å². The van der Waals surface area contributed by atoms with Crippen LogP contribution in [0.4, 0.5) is 0 Å². The van der Waals surface area contributed by atoms with E-state index in [1.165, 1.54) is 25.9 Å². The van der Waals surface area contributed by atoms with Crippen LogP contribution in [-0.4, -0.2) is 49.1 Å². The second kappa shape index (κ2) is 4.82. The lowest BCUT2D eigenvalue weighted by Crippen LogP contribution is -2.53. The Morgan fingerprint density at radius 2 is 2.22 bits per heavy atom. The molecule has 3 saturated heterocycles. The third-order valence-electron chi connectivity index (χ3n) is 5.07. The fourth-order valence-electron chi connectivity index (χ4n) is 3.84. The number of carbonyl (C=O) groups is 1. The molecule has 3 atom stereocenters. The van der Waals surface area contributed by atoms with E-state index in [-0.39, 0.29) is 11.3 Å². The molecule has 0 saturated carbocycles. The molecule has 0 bridgehead atoms. The van der Waals surface area contributed by atoms with Crippen molar-refractivity contribution in [1.29, 1.82) is 0 Å². The first kappa shape index (κ1) is 12.4. The zero-order valence-electron chi connectivity index (χ0n) is 11.4. The van der Waals surface area contributed by atoms with E-state index in [1.54, 1.807) is 0 Å². The van der Waals surface area contributed by atoms with Crippen LogP contribution in [-0.2, 0) is 4.79 Å². The zero-order chi connectivity index (χ0) is 12.6. The van der Waals surface area contributed by atoms with Gasteiger partial charge in [0, 0.05) is 25.2 Å². The molecule has 4 nitrogen and oxygen atoms in total. The van der Waals surface area contributed by atoms with Gasteiger partial charge >= 0.3 is 0 Å². The van der Waals surface area contributed by atoms with Crippen LogP contribution < -0.4 is 10.6 Å². The summed E-state index contributed by atoms with van der Waals surface area (Å²) >= 11 is 0. The second-order valence-electron chi connectivity index (χ2n) is 6.46. The minimum absolute atomic E-state index is 0.190. The third-order valence-corrected chi connectivity index (χ3v) is 5.07. The van der Waals surface area contributed by atoms with Crippen LogP contribution in [0.2, 0.25) is 0 Å². The molecular formula is C14H25N3O. The summed E-state index contributed by atoms with van der Waals surface area (Å²) in [5.41, 5.74) is -0.190. The number of rotatable bonds is 2. The third kappa shape index (κ3) is 2.16. The maximum absolute atomic E-state index is 12.5. The highest BCUT2D eigenvalue weighted by molar-refractivity contribution is 5.83. The summed E-state index contributed by atoms with van der Waals surface area (Å²) in [6, 6.07) is 1.02. The molecule has 0 spiro atoms. The molecule has 0 aromatic heterocycles. The number of carbonyl (C=O) groups excluding carboxylic acids is 1. The fraction of sp³-hybridized carbons (Fsp3) is 0.929. The smallest absolute Gasteiger partial charge is 0.227 e. The Morgan fingerprint density at radius 1 is 1.33 bits per heavy atom. The lowest BCUT2D eigenvalue weighted by atomic mass is 9.81. The molecule has 4 heteroatoms. The van der Waals surface area contributed by atoms with Gasteiger partial charge in [-0.2, -0.15) is 0 Å². The van der Waals surface area contributed by atoms with Crippen molar-refractivity contribution >= 4 is 5.91 Å². The number of piperidine rings is 1. The van der Waals surface area contributed by atoms with E-state index in [0.29, 0.717) is 12.1 Å². The summed E-state index contributed by atoms with van der Waals surface area (Å²) in [6.07, 6.45) is 5.84. The minimum Gasteiger partial charge on any atom is -0.351 e. The van der Waals surface area contributed by atoms with E-state index in [2.05, 4.69) is 22.5 Å². The van der Waals surface area contributed by atoms with Gasteiger partial charge in [-0.05, 0) is 52.1 Å². The van der Waals surface area contributed by atoms with Gasteiger partial charge in [0.2, 0.25) is 5.91 Å². The van der Waals surface area contributed by atoms with Gasteiger partial charge in [-0.15, -0.1) is 0 Å². The summed E-state index contributed by atoms with van der Waals surface area (Å²) in [5.74, 6) is 0.272. The van der Waals surface area contributed by atoms with Gasteiger partial charge in [0.05, 0.1) is 5.41 Å². The molecule has 3 fully saturated rings. The lowest BCUT2D eigenvalue weighted by Gasteiger charge is -2.34. The minimum atomic E-state index is -0.190. The summed E-state index contributed by atoms with van der Waals surface area (Å²) in [4.78, 5) is 15.0. The molecule has 0 aromatic carbocycles. The molecule has 3 rings (SSSR count). The van der Waals surface area contributed by atoms with Gasteiger partial charge in [-0.3, -0.25) is 9.69 Å². The molecule has 0 aromatic rings. The number of hydrogen-bond acceptors (Lipinski definition) is 3. The van der Waals surface area contributed by atoms with Crippen molar-refractivity contribution in [3.8, 4) is 0 Å². The predicted molar refractivity (Wildman–Crippen MR) is 71.4 cm³/mol. The molecule has 3 unspecified atom stereocenters. The van der Waals surface area contributed by atoms with Gasteiger partial charge in [-0.25, -0.2) is 0 Å². The lowest BCUT2D eigenvalue weighted by molar-refractivity contribution is -0.132. The molecule has 3 aliphatic rings. The average Bonchev–Trinajstić information content (AvgIpc) is 2.95. The van der Waals surface area contributed by atoms with Crippen LogP contribution in [0.3, 0.4) is 0 Å². The molecule has 3 aliphatic heterocycles. The number of nitrogens with zero attached hydrogens (tertiary/aromatic N) is 1. The fourth-order valence-corrected chi connectivity index (χ4v) is 3.84. The van der Waals surface area contributed by atoms with Gasteiger partial charge in [0.15, 0.2) is 0 Å². The van der Waals surface area contributed by atoms with Gasteiger partial charge in [0.1, 0.15) is 0 Å². The highest BCUT2D eigenvalue weighted by atomic mass is 16.2. The van der Waals surface area contributed by atoms with E-state index in [1.807, 2.05) is 0 Å². The summed E-state index contributed by atoms with van der Waals surface area (Å²) < 4.78 is 0. The van der Waals surface area contributed by atoms with Crippen LogP contribution in [0.25, 0.3) is 0 Å².